The van der Waals surface area contributed by atoms with Crippen molar-refractivity contribution in [3.63, 3.8) is 0 Å². The second-order valence-corrected chi connectivity index (χ2v) is 4.00. The number of hydrogen-bond donors (Lipinski definition) is 1. The molecule has 1 aromatic carbocycles. The fraction of sp³-hybridized carbons (Fsp3) is 0.417. The minimum absolute atomic E-state index is 0. The lowest BCUT2D eigenvalue weighted by Crippen LogP contribution is -2.42. The second kappa shape index (κ2) is 5.87. The van der Waals surface area contributed by atoms with Gasteiger partial charge in [0.2, 0.25) is 0 Å². The van der Waals surface area contributed by atoms with Crippen LogP contribution in [0.2, 0.25) is 0 Å². The molecule has 0 radical (unpaired) electrons. The van der Waals surface area contributed by atoms with E-state index in [9.17, 15) is 4.79 Å². The van der Waals surface area contributed by atoms with E-state index in [1.54, 1.807) is 0 Å². The van der Waals surface area contributed by atoms with Crippen LogP contribution in [0.4, 0.5) is 0 Å². The van der Waals surface area contributed by atoms with Crippen LogP contribution in [0.25, 0.3) is 0 Å². The Balaban J connectivity index is 0.00000128. The molecule has 0 saturated carbocycles. The van der Waals surface area contributed by atoms with E-state index in [0.717, 1.165) is 31.5 Å². The number of halogens is 1. The maximum Gasteiger partial charge on any atom is 0.253 e. The normalized spacial score (nSPS) is 16.7. The number of rotatable bonds is 1. The fourth-order valence-corrected chi connectivity index (χ4v) is 1.87. The highest BCUT2D eigenvalue weighted by atomic mass is 35.5. The summed E-state index contributed by atoms with van der Waals surface area (Å²) >= 11 is 0. The molecule has 0 unspecified atom stereocenters. The van der Waals surface area contributed by atoms with Gasteiger partial charge in [-0.1, -0.05) is 18.2 Å². The molecule has 1 fully saturated rings. The van der Waals surface area contributed by atoms with Gasteiger partial charge in [-0.05, 0) is 25.0 Å². The standard InChI is InChI=1S/C12H16N2O.ClH/c13-11-6-8-14(9-7-11)12(15)10-4-2-1-3-5-10;/h1-5,11H,6-9,13H2;1H. The Morgan fingerprint density at radius 1 is 1.19 bits per heavy atom. The minimum atomic E-state index is 0. The van der Waals surface area contributed by atoms with Crippen LogP contribution < -0.4 is 5.73 Å². The van der Waals surface area contributed by atoms with E-state index >= 15 is 0 Å². The van der Waals surface area contributed by atoms with Crippen molar-refractivity contribution in [1.29, 1.82) is 0 Å². The Bertz CT molecular complexity index is 334. The molecule has 88 valence electrons. The van der Waals surface area contributed by atoms with E-state index in [0.29, 0.717) is 0 Å². The molecule has 0 bridgehead atoms. The smallest absolute Gasteiger partial charge is 0.253 e. The van der Waals surface area contributed by atoms with Crippen LogP contribution in [0, 0.1) is 0 Å². The van der Waals surface area contributed by atoms with Crippen molar-refractivity contribution in [3.8, 4) is 0 Å². The van der Waals surface area contributed by atoms with Gasteiger partial charge < -0.3 is 10.6 Å². The van der Waals surface area contributed by atoms with Crippen LogP contribution in [0.1, 0.15) is 23.2 Å². The number of hydrogen-bond acceptors (Lipinski definition) is 2. The third-order valence-electron chi connectivity index (χ3n) is 2.85. The summed E-state index contributed by atoms with van der Waals surface area (Å²) < 4.78 is 0. The molecule has 1 heterocycles. The SMILES string of the molecule is Cl.NC1CCN(C(=O)c2ccccc2)CC1. The quantitative estimate of drug-likeness (QED) is 0.812. The third kappa shape index (κ3) is 2.97. The number of nitrogens with two attached hydrogens (primary N) is 1. The molecular weight excluding hydrogens is 224 g/mol. The summed E-state index contributed by atoms with van der Waals surface area (Å²) in [5.74, 6) is 0.127. The highest BCUT2D eigenvalue weighted by Gasteiger charge is 2.21. The largest absolute Gasteiger partial charge is 0.339 e. The number of amides is 1. The first-order valence-electron chi connectivity index (χ1n) is 5.37. The summed E-state index contributed by atoms with van der Waals surface area (Å²) in [4.78, 5) is 13.9. The Morgan fingerprint density at radius 2 is 1.75 bits per heavy atom. The van der Waals surface area contributed by atoms with Gasteiger partial charge in [0.15, 0.2) is 0 Å². The van der Waals surface area contributed by atoms with Crippen LogP contribution in [-0.2, 0) is 0 Å². The lowest BCUT2D eigenvalue weighted by atomic mass is 10.1. The molecule has 3 nitrogen and oxygen atoms in total. The summed E-state index contributed by atoms with van der Waals surface area (Å²) in [6.45, 7) is 1.57. The maximum absolute atomic E-state index is 12.0. The molecule has 1 amide bonds. The van der Waals surface area contributed by atoms with Gasteiger partial charge >= 0.3 is 0 Å². The van der Waals surface area contributed by atoms with E-state index in [4.69, 9.17) is 5.73 Å². The van der Waals surface area contributed by atoms with Gasteiger partial charge in [-0.2, -0.15) is 0 Å². The fourth-order valence-electron chi connectivity index (χ4n) is 1.87. The summed E-state index contributed by atoms with van der Waals surface area (Å²) in [5, 5.41) is 0. The van der Waals surface area contributed by atoms with Crippen LogP contribution in [0.15, 0.2) is 30.3 Å². The van der Waals surface area contributed by atoms with Gasteiger partial charge in [0.25, 0.3) is 5.91 Å². The van der Waals surface area contributed by atoms with E-state index < -0.39 is 0 Å². The Labute approximate surface area is 102 Å². The van der Waals surface area contributed by atoms with E-state index in [-0.39, 0.29) is 24.4 Å². The molecule has 1 aliphatic heterocycles. The van der Waals surface area contributed by atoms with Crippen molar-refractivity contribution in [1.82, 2.24) is 4.90 Å². The summed E-state index contributed by atoms with van der Waals surface area (Å²) in [5.41, 5.74) is 6.57. The molecule has 1 saturated heterocycles. The molecule has 2 N–H and O–H groups in total. The summed E-state index contributed by atoms with van der Waals surface area (Å²) in [6, 6.07) is 9.69. The molecule has 0 atom stereocenters. The van der Waals surface area contributed by atoms with Crippen LogP contribution >= 0.6 is 12.4 Å². The highest BCUT2D eigenvalue weighted by molar-refractivity contribution is 5.94. The highest BCUT2D eigenvalue weighted by Crippen LogP contribution is 2.12. The number of carbonyl (C=O) groups is 1. The number of nitrogens with zero attached hydrogens (tertiary/aromatic N) is 1. The predicted molar refractivity (Wildman–Crippen MR) is 66.8 cm³/mol. The number of carbonyl (C=O) groups excluding carboxylic acids is 1. The van der Waals surface area contributed by atoms with Gasteiger partial charge in [-0.25, -0.2) is 0 Å². The number of piperidine rings is 1. The zero-order chi connectivity index (χ0) is 10.7. The molecule has 4 heteroatoms. The molecule has 0 spiro atoms. The van der Waals surface area contributed by atoms with Crippen molar-refractivity contribution in [2.24, 2.45) is 5.73 Å². The first-order valence-corrected chi connectivity index (χ1v) is 5.37. The zero-order valence-electron chi connectivity index (χ0n) is 9.13. The third-order valence-corrected chi connectivity index (χ3v) is 2.85. The molecule has 16 heavy (non-hydrogen) atoms. The van der Waals surface area contributed by atoms with Crippen LogP contribution in [-0.4, -0.2) is 29.9 Å². The summed E-state index contributed by atoms with van der Waals surface area (Å²) in [6.07, 6.45) is 1.83. The average molecular weight is 241 g/mol. The van der Waals surface area contributed by atoms with Crippen molar-refractivity contribution < 1.29 is 4.79 Å². The Kier molecular flexibility index (Phi) is 4.77. The van der Waals surface area contributed by atoms with E-state index in [1.807, 2.05) is 35.2 Å². The molecule has 1 aliphatic rings. The van der Waals surface area contributed by atoms with Crippen molar-refractivity contribution in [2.75, 3.05) is 13.1 Å². The zero-order valence-corrected chi connectivity index (χ0v) is 9.95. The molecule has 1 aromatic rings. The Morgan fingerprint density at radius 3 is 2.31 bits per heavy atom. The van der Waals surface area contributed by atoms with Gasteiger partial charge in [-0.3, -0.25) is 4.79 Å². The Hall–Kier alpha value is -1.06. The topological polar surface area (TPSA) is 46.3 Å². The summed E-state index contributed by atoms with van der Waals surface area (Å²) in [7, 11) is 0. The minimum Gasteiger partial charge on any atom is -0.339 e. The lowest BCUT2D eigenvalue weighted by molar-refractivity contribution is 0.0715. The van der Waals surface area contributed by atoms with E-state index in [1.165, 1.54) is 0 Å². The van der Waals surface area contributed by atoms with Crippen molar-refractivity contribution in [3.05, 3.63) is 35.9 Å². The van der Waals surface area contributed by atoms with Crippen molar-refractivity contribution >= 4 is 18.3 Å². The van der Waals surface area contributed by atoms with Gasteiger partial charge in [0.05, 0.1) is 0 Å². The lowest BCUT2D eigenvalue weighted by Gasteiger charge is -2.30. The van der Waals surface area contributed by atoms with Gasteiger partial charge in [0.1, 0.15) is 0 Å². The van der Waals surface area contributed by atoms with Crippen molar-refractivity contribution in [2.45, 2.75) is 18.9 Å². The number of benzene rings is 1. The number of likely N-dealkylation sites (tertiary alicyclic amines) is 1. The first-order chi connectivity index (χ1) is 7.27. The van der Waals surface area contributed by atoms with E-state index in [2.05, 4.69) is 0 Å². The molecule has 2 rings (SSSR count). The molecular formula is C12H17ClN2O. The first kappa shape index (κ1) is 13.0. The predicted octanol–water partition coefficient (Wildman–Crippen LogP) is 1.67. The monoisotopic (exact) mass is 240 g/mol. The average Bonchev–Trinajstić information content (AvgIpc) is 2.30. The molecule has 0 aromatic heterocycles. The maximum atomic E-state index is 12.0. The second-order valence-electron chi connectivity index (χ2n) is 4.00. The van der Waals surface area contributed by atoms with Gasteiger partial charge in [0, 0.05) is 24.7 Å². The van der Waals surface area contributed by atoms with Crippen LogP contribution in [0.3, 0.4) is 0 Å². The molecule has 0 aliphatic carbocycles. The van der Waals surface area contributed by atoms with Gasteiger partial charge in [-0.15, -0.1) is 12.4 Å². The van der Waals surface area contributed by atoms with Crippen LogP contribution in [0.5, 0.6) is 0 Å².